The van der Waals surface area contributed by atoms with Crippen LogP contribution in [0.5, 0.6) is 23.0 Å². The summed E-state index contributed by atoms with van der Waals surface area (Å²) in [5.41, 5.74) is 1.86. The number of methoxy groups -OCH3 is 1. The van der Waals surface area contributed by atoms with Gasteiger partial charge in [-0.15, -0.1) is 24.0 Å². The van der Waals surface area contributed by atoms with Gasteiger partial charge in [0.25, 0.3) is 0 Å². The van der Waals surface area contributed by atoms with Crippen molar-refractivity contribution in [3.63, 3.8) is 0 Å². The Labute approximate surface area is 202 Å². The van der Waals surface area contributed by atoms with Crippen LogP contribution in [-0.4, -0.2) is 44.5 Å². The third-order valence-electron chi connectivity index (χ3n) is 4.35. The van der Waals surface area contributed by atoms with Gasteiger partial charge in [-0.2, -0.15) is 0 Å². The van der Waals surface area contributed by atoms with E-state index in [4.69, 9.17) is 14.2 Å². The maximum atomic E-state index is 10.0. The highest BCUT2D eigenvalue weighted by Crippen LogP contribution is 2.28. The molecule has 0 fully saturated rings. The Kier molecular flexibility index (Phi) is 12.6. The van der Waals surface area contributed by atoms with Crippen LogP contribution >= 0.6 is 24.0 Å². The maximum Gasteiger partial charge on any atom is 0.191 e. The minimum Gasteiger partial charge on any atom is -0.508 e. The summed E-state index contributed by atoms with van der Waals surface area (Å²) in [7, 11) is 1.60. The average Bonchev–Trinajstić information content (AvgIpc) is 2.75. The SMILES string of the molecule is CCNC(=NCc1cc(OC)ccc1O)NCCc1ccc(OCC)c(OCC)c1.I. The lowest BCUT2D eigenvalue weighted by Gasteiger charge is -2.14. The van der Waals surface area contributed by atoms with Crippen LogP contribution in [-0.2, 0) is 13.0 Å². The van der Waals surface area contributed by atoms with Crippen LogP contribution < -0.4 is 24.8 Å². The minimum absolute atomic E-state index is 0. The molecule has 0 atom stereocenters. The van der Waals surface area contributed by atoms with Gasteiger partial charge in [0, 0.05) is 18.7 Å². The molecule has 2 aromatic carbocycles. The van der Waals surface area contributed by atoms with E-state index in [9.17, 15) is 5.11 Å². The van der Waals surface area contributed by atoms with Crippen molar-refractivity contribution in [3.05, 3.63) is 47.5 Å². The van der Waals surface area contributed by atoms with Crippen molar-refractivity contribution in [1.29, 1.82) is 0 Å². The van der Waals surface area contributed by atoms with Gasteiger partial charge < -0.3 is 30.0 Å². The van der Waals surface area contributed by atoms with Gasteiger partial charge in [-0.05, 0) is 63.1 Å². The molecule has 0 saturated heterocycles. The van der Waals surface area contributed by atoms with E-state index in [1.807, 2.05) is 39.0 Å². The summed E-state index contributed by atoms with van der Waals surface area (Å²) in [6.45, 7) is 8.92. The summed E-state index contributed by atoms with van der Waals surface area (Å²) < 4.78 is 16.5. The number of phenols is 1. The molecule has 3 N–H and O–H groups in total. The van der Waals surface area contributed by atoms with Crippen LogP contribution in [0.4, 0.5) is 0 Å². The van der Waals surface area contributed by atoms with E-state index in [-0.39, 0.29) is 29.7 Å². The molecule has 2 aromatic rings. The highest BCUT2D eigenvalue weighted by atomic mass is 127. The Bertz CT molecular complexity index is 830. The van der Waals surface area contributed by atoms with Crippen LogP contribution in [0.25, 0.3) is 0 Å². The fourth-order valence-electron chi connectivity index (χ4n) is 2.90. The number of phenolic OH excluding ortho intramolecular Hbond substituents is 1. The molecular formula is C23H34IN3O4. The van der Waals surface area contributed by atoms with Crippen molar-refractivity contribution >= 4 is 29.9 Å². The number of halogens is 1. The number of rotatable bonds is 11. The van der Waals surface area contributed by atoms with Crippen molar-refractivity contribution in [1.82, 2.24) is 10.6 Å². The van der Waals surface area contributed by atoms with Crippen molar-refractivity contribution in [2.24, 2.45) is 4.99 Å². The van der Waals surface area contributed by atoms with Crippen LogP contribution in [0, 0.1) is 0 Å². The normalized spacial score (nSPS) is 10.8. The van der Waals surface area contributed by atoms with Gasteiger partial charge in [-0.3, -0.25) is 0 Å². The number of aliphatic imine (C=N–C) groups is 1. The Hall–Kier alpha value is -2.36. The molecular weight excluding hydrogens is 509 g/mol. The lowest BCUT2D eigenvalue weighted by Crippen LogP contribution is -2.38. The van der Waals surface area contributed by atoms with Crippen molar-refractivity contribution < 1.29 is 19.3 Å². The van der Waals surface area contributed by atoms with Gasteiger partial charge in [-0.1, -0.05) is 6.07 Å². The molecule has 0 amide bonds. The standard InChI is InChI=1S/C23H33N3O4.HI/c1-5-24-23(26-16-18-15-19(28-4)9-10-20(18)27)25-13-12-17-8-11-21(29-6-2)22(14-17)30-7-3;/h8-11,14-15,27H,5-7,12-13,16H2,1-4H3,(H2,24,25,26);1H. The van der Waals surface area contributed by atoms with Gasteiger partial charge in [0.1, 0.15) is 11.5 Å². The van der Waals surface area contributed by atoms with Crippen molar-refractivity contribution in [2.45, 2.75) is 33.7 Å². The molecule has 0 aromatic heterocycles. The van der Waals surface area contributed by atoms with E-state index in [0.717, 1.165) is 30.0 Å². The first-order chi connectivity index (χ1) is 14.6. The van der Waals surface area contributed by atoms with E-state index in [1.165, 1.54) is 0 Å². The monoisotopic (exact) mass is 543 g/mol. The first-order valence-corrected chi connectivity index (χ1v) is 10.4. The molecule has 172 valence electrons. The molecule has 0 spiro atoms. The fourth-order valence-corrected chi connectivity index (χ4v) is 2.90. The number of ether oxygens (including phenoxy) is 3. The van der Waals surface area contributed by atoms with Crippen LogP contribution in [0.1, 0.15) is 31.9 Å². The van der Waals surface area contributed by atoms with Crippen LogP contribution in [0.2, 0.25) is 0 Å². The van der Waals surface area contributed by atoms with Gasteiger partial charge >= 0.3 is 0 Å². The molecule has 0 radical (unpaired) electrons. The largest absolute Gasteiger partial charge is 0.508 e. The molecule has 31 heavy (non-hydrogen) atoms. The number of nitrogens with zero attached hydrogens (tertiary/aromatic N) is 1. The van der Waals surface area contributed by atoms with E-state index in [2.05, 4.69) is 15.6 Å². The second kappa shape index (κ2) is 14.6. The molecule has 7 nitrogen and oxygen atoms in total. The third kappa shape index (κ3) is 8.72. The van der Waals surface area contributed by atoms with E-state index in [0.29, 0.717) is 43.6 Å². The van der Waals surface area contributed by atoms with Crippen molar-refractivity contribution in [2.75, 3.05) is 33.4 Å². The molecule has 0 unspecified atom stereocenters. The summed E-state index contributed by atoms with van der Waals surface area (Å²) in [6, 6.07) is 11.2. The molecule has 0 aliphatic heterocycles. The topological polar surface area (TPSA) is 84.3 Å². The molecule has 0 saturated carbocycles. The number of benzene rings is 2. The molecule has 2 rings (SSSR count). The number of guanidine groups is 1. The predicted octanol–water partition coefficient (Wildman–Crippen LogP) is 4.11. The van der Waals surface area contributed by atoms with Crippen molar-refractivity contribution in [3.8, 4) is 23.0 Å². The summed E-state index contributed by atoms with van der Waals surface area (Å²) in [6.07, 6.45) is 0.807. The highest BCUT2D eigenvalue weighted by Gasteiger charge is 2.07. The quantitative estimate of drug-likeness (QED) is 0.225. The van der Waals surface area contributed by atoms with Gasteiger partial charge in [0.2, 0.25) is 0 Å². The summed E-state index contributed by atoms with van der Waals surface area (Å²) in [5.74, 6) is 3.12. The molecule has 0 aliphatic rings. The fraction of sp³-hybridized carbons (Fsp3) is 0.435. The van der Waals surface area contributed by atoms with Gasteiger partial charge in [0.05, 0.1) is 26.9 Å². The molecule has 0 bridgehead atoms. The zero-order chi connectivity index (χ0) is 21.8. The smallest absolute Gasteiger partial charge is 0.191 e. The number of hydrogen-bond acceptors (Lipinski definition) is 5. The van der Waals surface area contributed by atoms with E-state index in [1.54, 1.807) is 25.3 Å². The summed E-state index contributed by atoms with van der Waals surface area (Å²) in [4.78, 5) is 4.57. The summed E-state index contributed by atoms with van der Waals surface area (Å²) in [5, 5.41) is 16.6. The van der Waals surface area contributed by atoms with Gasteiger partial charge in [0.15, 0.2) is 17.5 Å². The van der Waals surface area contributed by atoms with Crippen LogP contribution in [0.15, 0.2) is 41.4 Å². The first-order valence-electron chi connectivity index (χ1n) is 10.4. The first kappa shape index (κ1) is 26.7. The lowest BCUT2D eigenvalue weighted by molar-refractivity contribution is 0.287. The minimum atomic E-state index is 0. The maximum absolute atomic E-state index is 10.0. The zero-order valence-electron chi connectivity index (χ0n) is 18.7. The molecule has 8 heteroatoms. The Morgan fingerprint density at radius 3 is 2.39 bits per heavy atom. The highest BCUT2D eigenvalue weighted by molar-refractivity contribution is 14.0. The number of hydrogen-bond donors (Lipinski definition) is 3. The average molecular weight is 543 g/mol. The predicted molar refractivity (Wildman–Crippen MR) is 135 cm³/mol. The number of aromatic hydroxyl groups is 1. The second-order valence-electron chi connectivity index (χ2n) is 6.51. The Morgan fingerprint density at radius 1 is 0.968 bits per heavy atom. The number of nitrogens with one attached hydrogen (secondary N) is 2. The summed E-state index contributed by atoms with van der Waals surface area (Å²) >= 11 is 0. The van der Waals surface area contributed by atoms with Crippen LogP contribution in [0.3, 0.4) is 0 Å². The second-order valence-corrected chi connectivity index (χ2v) is 6.51. The zero-order valence-corrected chi connectivity index (χ0v) is 21.1. The Balaban J connectivity index is 0.00000480. The molecule has 0 heterocycles. The van der Waals surface area contributed by atoms with E-state index >= 15 is 0 Å². The van der Waals surface area contributed by atoms with E-state index < -0.39 is 0 Å². The third-order valence-corrected chi connectivity index (χ3v) is 4.35. The lowest BCUT2D eigenvalue weighted by atomic mass is 10.1. The van der Waals surface area contributed by atoms with Gasteiger partial charge in [-0.25, -0.2) is 4.99 Å². The Morgan fingerprint density at radius 2 is 1.71 bits per heavy atom. The molecule has 0 aliphatic carbocycles.